The predicted octanol–water partition coefficient (Wildman–Crippen LogP) is 1.51. The number of aliphatic hydroxyl groups excluding tert-OH is 1. The zero-order valence-corrected chi connectivity index (χ0v) is 13.8. The lowest BCUT2D eigenvalue weighted by molar-refractivity contribution is 0.0478. The summed E-state index contributed by atoms with van der Waals surface area (Å²) in [6.07, 6.45) is 0. The van der Waals surface area contributed by atoms with Gasteiger partial charge in [-0.25, -0.2) is 0 Å². The highest BCUT2D eigenvalue weighted by Crippen LogP contribution is 2.35. The Morgan fingerprint density at radius 3 is 2.42 bits per heavy atom. The van der Waals surface area contributed by atoms with Crippen LogP contribution in [0.2, 0.25) is 0 Å². The fourth-order valence-corrected chi connectivity index (χ4v) is 3.05. The highest BCUT2D eigenvalue weighted by atomic mass is 16.5. The van der Waals surface area contributed by atoms with Crippen molar-refractivity contribution >= 4 is 28.3 Å². The zero-order chi connectivity index (χ0) is 17.3. The van der Waals surface area contributed by atoms with E-state index in [1.54, 1.807) is 12.1 Å². The van der Waals surface area contributed by atoms with E-state index in [4.69, 9.17) is 9.84 Å². The van der Waals surface area contributed by atoms with Gasteiger partial charge in [0, 0.05) is 41.7 Å². The van der Waals surface area contributed by atoms with Gasteiger partial charge in [0.2, 0.25) is 0 Å². The van der Waals surface area contributed by atoms with Crippen LogP contribution in [0, 0.1) is 0 Å². The number of amides is 2. The van der Waals surface area contributed by atoms with E-state index in [9.17, 15) is 9.59 Å². The van der Waals surface area contributed by atoms with E-state index in [1.807, 2.05) is 37.2 Å². The summed E-state index contributed by atoms with van der Waals surface area (Å²) in [6.45, 7) is 0.480. The first-order valence-corrected chi connectivity index (χ1v) is 7.84. The van der Waals surface area contributed by atoms with Crippen LogP contribution in [0.1, 0.15) is 20.7 Å². The quantitative estimate of drug-likeness (QED) is 0.643. The van der Waals surface area contributed by atoms with Crippen LogP contribution in [-0.4, -0.2) is 62.3 Å². The molecule has 2 aromatic carbocycles. The molecule has 1 aliphatic heterocycles. The number of carbonyl (C=O) groups is 2. The number of anilines is 1. The molecule has 1 N–H and O–H groups in total. The molecule has 0 saturated carbocycles. The Morgan fingerprint density at radius 1 is 1.04 bits per heavy atom. The molecule has 0 saturated heterocycles. The average Bonchev–Trinajstić information content (AvgIpc) is 2.58. The summed E-state index contributed by atoms with van der Waals surface area (Å²) in [5.74, 6) is -0.608. The van der Waals surface area contributed by atoms with Crippen molar-refractivity contribution in [1.29, 1.82) is 0 Å². The third-order valence-corrected chi connectivity index (χ3v) is 4.15. The Bertz CT molecular complexity index is 779. The number of hydrogen-bond donors (Lipinski definition) is 1. The standard InChI is InChI=1S/C18H20N2O4/c1-19(2)15-7-6-14-16-12(15)4-3-5-13(16)17(22)20(18(14)23)8-10-24-11-9-21/h3-7,21H,8-11H2,1-2H3. The van der Waals surface area contributed by atoms with Crippen molar-refractivity contribution in [2.75, 3.05) is 45.4 Å². The van der Waals surface area contributed by atoms with Gasteiger partial charge in [0.15, 0.2) is 0 Å². The molecule has 2 amide bonds. The van der Waals surface area contributed by atoms with Gasteiger partial charge in [-0.15, -0.1) is 0 Å². The van der Waals surface area contributed by atoms with Gasteiger partial charge >= 0.3 is 0 Å². The van der Waals surface area contributed by atoms with Crippen molar-refractivity contribution in [1.82, 2.24) is 4.90 Å². The molecule has 0 bridgehead atoms. The molecule has 1 heterocycles. The van der Waals surface area contributed by atoms with E-state index in [0.29, 0.717) is 16.5 Å². The number of carbonyl (C=O) groups excluding carboxylic acids is 2. The molecule has 1 aliphatic rings. The second kappa shape index (κ2) is 6.59. The van der Waals surface area contributed by atoms with Crippen LogP contribution in [0.4, 0.5) is 5.69 Å². The monoisotopic (exact) mass is 328 g/mol. The molecule has 0 fully saturated rings. The first-order chi connectivity index (χ1) is 11.6. The van der Waals surface area contributed by atoms with Gasteiger partial charge in [-0.1, -0.05) is 12.1 Å². The molecule has 2 aromatic rings. The van der Waals surface area contributed by atoms with Crippen molar-refractivity contribution in [2.45, 2.75) is 0 Å². The van der Waals surface area contributed by atoms with Crippen molar-refractivity contribution in [3.8, 4) is 0 Å². The summed E-state index contributed by atoms with van der Waals surface area (Å²) in [4.78, 5) is 28.7. The molecular weight excluding hydrogens is 308 g/mol. The van der Waals surface area contributed by atoms with Gasteiger partial charge < -0.3 is 14.7 Å². The van der Waals surface area contributed by atoms with Crippen molar-refractivity contribution in [3.63, 3.8) is 0 Å². The molecule has 24 heavy (non-hydrogen) atoms. The fourth-order valence-electron chi connectivity index (χ4n) is 3.05. The number of hydrogen-bond acceptors (Lipinski definition) is 5. The minimum absolute atomic E-state index is 0.0860. The topological polar surface area (TPSA) is 70.1 Å². The van der Waals surface area contributed by atoms with Gasteiger partial charge in [-0.2, -0.15) is 0 Å². The Morgan fingerprint density at radius 2 is 1.75 bits per heavy atom. The maximum absolute atomic E-state index is 12.7. The molecule has 3 rings (SSSR count). The molecule has 0 atom stereocenters. The lowest BCUT2D eigenvalue weighted by Crippen LogP contribution is -2.42. The Hall–Kier alpha value is -2.44. The molecule has 6 heteroatoms. The van der Waals surface area contributed by atoms with E-state index in [1.165, 1.54) is 4.90 Å². The van der Waals surface area contributed by atoms with Gasteiger partial charge in [0.05, 0.1) is 26.4 Å². The van der Waals surface area contributed by atoms with Gasteiger partial charge in [-0.3, -0.25) is 14.5 Å². The lowest BCUT2D eigenvalue weighted by atomic mass is 9.93. The van der Waals surface area contributed by atoms with Crippen LogP contribution < -0.4 is 4.90 Å². The van der Waals surface area contributed by atoms with Gasteiger partial charge in [0.1, 0.15) is 0 Å². The minimum atomic E-state index is -0.304. The second-order valence-electron chi connectivity index (χ2n) is 5.85. The average molecular weight is 328 g/mol. The van der Waals surface area contributed by atoms with E-state index >= 15 is 0 Å². The minimum Gasteiger partial charge on any atom is -0.394 e. The number of imide groups is 1. The first-order valence-electron chi connectivity index (χ1n) is 7.84. The summed E-state index contributed by atoms with van der Waals surface area (Å²) < 4.78 is 5.19. The number of nitrogens with zero attached hydrogens (tertiary/aromatic N) is 2. The maximum atomic E-state index is 12.7. The Kier molecular flexibility index (Phi) is 4.51. The van der Waals surface area contributed by atoms with Gasteiger partial charge in [0.25, 0.3) is 11.8 Å². The zero-order valence-electron chi connectivity index (χ0n) is 13.8. The molecule has 0 aromatic heterocycles. The van der Waals surface area contributed by atoms with Crippen molar-refractivity contribution in [2.24, 2.45) is 0 Å². The molecule has 0 unspecified atom stereocenters. The number of ether oxygens (including phenoxy) is 1. The summed E-state index contributed by atoms with van der Waals surface area (Å²) in [6, 6.07) is 9.19. The highest BCUT2D eigenvalue weighted by Gasteiger charge is 2.33. The third-order valence-electron chi connectivity index (χ3n) is 4.15. The largest absolute Gasteiger partial charge is 0.394 e. The third kappa shape index (κ3) is 2.64. The molecule has 6 nitrogen and oxygen atoms in total. The van der Waals surface area contributed by atoms with E-state index < -0.39 is 0 Å². The molecule has 0 spiro atoms. The maximum Gasteiger partial charge on any atom is 0.261 e. The van der Waals surface area contributed by atoms with Crippen molar-refractivity contribution < 1.29 is 19.4 Å². The van der Waals surface area contributed by atoms with Crippen LogP contribution in [0.3, 0.4) is 0 Å². The van der Waals surface area contributed by atoms with Crippen LogP contribution in [0.5, 0.6) is 0 Å². The van der Waals surface area contributed by atoms with E-state index in [2.05, 4.69) is 0 Å². The summed E-state index contributed by atoms with van der Waals surface area (Å²) >= 11 is 0. The van der Waals surface area contributed by atoms with Crippen LogP contribution >= 0.6 is 0 Å². The van der Waals surface area contributed by atoms with Crippen LogP contribution in [-0.2, 0) is 4.74 Å². The molecular formula is C18H20N2O4. The molecule has 0 radical (unpaired) electrons. The van der Waals surface area contributed by atoms with Crippen LogP contribution in [0.25, 0.3) is 10.8 Å². The summed E-state index contributed by atoms with van der Waals surface area (Å²) in [5.41, 5.74) is 2.04. The SMILES string of the molecule is CN(C)c1ccc2c3c(cccc13)C(=O)N(CCOCCO)C2=O. The number of aliphatic hydroxyl groups is 1. The molecule has 126 valence electrons. The van der Waals surface area contributed by atoms with Crippen LogP contribution in [0.15, 0.2) is 30.3 Å². The Labute approximate surface area is 140 Å². The normalized spacial score (nSPS) is 13.7. The smallest absolute Gasteiger partial charge is 0.261 e. The summed E-state index contributed by atoms with van der Waals surface area (Å²) in [5, 5.41) is 10.3. The van der Waals surface area contributed by atoms with E-state index in [0.717, 1.165) is 11.1 Å². The van der Waals surface area contributed by atoms with E-state index in [-0.39, 0.29) is 38.2 Å². The fraction of sp³-hybridized carbons (Fsp3) is 0.333. The first kappa shape index (κ1) is 16.4. The predicted molar refractivity (Wildman–Crippen MR) is 91.5 cm³/mol. The number of rotatable bonds is 6. The summed E-state index contributed by atoms with van der Waals surface area (Å²) in [7, 11) is 3.86. The number of benzene rings is 2. The van der Waals surface area contributed by atoms with Crippen molar-refractivity contribution in [3.05, 3.63) is 41.5 Å². The lowest BCUT2D eigenvalue weighted by Gasteiger charge is -2.28. The van der Waals surface area contributed by atoms with Gasteiger partial charge in [-0.05, 0) is 18.2 Å². The second-order valence-corrected chi connectivity index (χ2v) is 5.85. The Balaban J connectivity index is 2.03. The highest BCUT2D eigenvalue weighted by molar-refractivity contribution is 6.26. The molecule has 0 aliphatic carbocycles.